The molecule has 112 valence electrons. The molecule has 1 aromatic heterocycles. The van der Waals surface area contributed by atoms with Gasteiger partial charge in [-0.15, -0.1) is 0 Å². The first-order valence-electron chi connectivity index (χ1n) is 6.94. The maximum Gasteiger partial charge on any atom is 0.137 e. The molecule has 0 aliphatic heterocycles. The van der Waals surface area contributed by atoms with Crippen molar-refractivity contribution < 1.29 is 9.47 Å². The van der Waals surface area contributed by atoms with Crippen LogP contribution in [0.25, 0.3) is 11.1 Å². The van der Waals surface area contributed by atoms with Crippen LogP contribution < -0.4 is 9.47 Å². The van der Waals surface area contributed by atoms with Crippen LogP contribution in [0.3, 0.4) is 0 Å². The van der Waals surface area contributed by atoms with Crippen molar-refractivity contribution in [1.29, 1.82) is 0 Å². The summed E-state index contributed by atoms with van der Waals surface area (Å²) in [6, 6.07) is 14.0. The second-order valence-corrected chi connectivity index (χ2v) is 4.86. The first-order chi connectivity index (χ1) is 10.8. The van der Waals surface area contributed by atoms with Crippen molar-refractivity contribution in [2.24, 2.45) is 0 Å². The molecule has 0 saturated heterocycles. The van der Waals surface area contributed by atoms with Gasteiger partial charge in [-0.2, -0.15) is 5.10 Å². The molecular formula is C17H17N3O2. The molecule has 2 aromatic carbocycles. The Bertz CT molecular complexity index is 754. The van der Waals surface area contributed by atoms with Crippen LogP contribution >= 0.6 is 0 Å². The first kappa shape index (κ1) is 14.1. The number of ether oxygens (including phenoxy) is 2. The second kappa shape index (κ2) is 6.30. The van der Waals surface area contributed by atoms with Crippen molar-refractivity contribution in [2.75, 3.05) is 14.2 Å². The molecule has 0 aliphatic rings. The molecule has 0 saturated carbocycles. The third-order valence-corrected chi connectivity index (χ3v) is 3.46. The standard InChI is InChI=1S/C17H17N3O2/c1-21-15-5-3-4-14(9-15)16-8-13(6-7-17(16)22-2)10-20-12-18-11-19-20/h3-9,11-12H,10H2,1-2H3. The molecule has 0 N–H and O–H groups in total. The van der Waals surface area contributed by atoms with E-state index in [4.69, 9.17) is 9.47 Å². The highest BCUT2D eigenvalue weighted by molar-refractivity contribution is 5.72. The highest BCUT2D eigenvalue weighted by Gasteiger charge is 2.09. The summed E-state index contributed by atoms with van der Waals surface area (Å²) in [5, 5.41) is 4.14. The van der Waals surface area contributed by atoms with Crippen molar-refractivity contribution in [3.63, 3.8) is 0 Å². The Morgan fingerprint density at radius 2 is 1.95 bits per heavy atom. The predicted molar refractivity (Wildman–Crippen MR) is 84.1 cm³/mol. The van der Waals surface area contributed by atoms with Crippen molar-refractivity contribution in [3.05, 3.63) is 60.7 Å². The summed E-state index contributed by atoms with van der Waals surface area (Å²) in [7, 11) is 3.34. The molecule has 5 heteroatoms. The Hall–Kier alpha value is -2.82. The lowest BCUT2D eigenvalue weighted by atomic mass is 10.0. The van der Waals surface area contributed by atoms with Crippen LogP contribution in [0.2, 0.25) is 0 Å². The van der Waals surface area contributed by atoms with Gasteiger partial charge in [-0.25, -0.2) is 9.67 Å². The summed E-state index contributed by atoms with van der Waals surface area (Å²) in [4.78, 5) is 3.97. The van der Waals surface area contributed by atoms with E-state index in [-0.39, 0.29) is 0 Å². The van der Waals surface area contributed by atoms with Gasteiger partial charge in [-0.1, -0.05) is 18.2 Å². The molecule has 0 bridgehead atoms. The van der Waals surface area contributed by atoms with Crippen LogP contribution in [0, 0.1) is 0 Å². The SMILES string of the molecule is COc1cccc(-c2cc(Cn3cncn3)ccc2OC)c1. The topological polar surface area (TPSA) is 49.2 Å². The highest BCUT2D eigenvalue weighted by Crippen LogP contribution is 2.32. The van der Waals surface area contributed by atoms with Crippen LogP contribution in [0.4, 0.5) is 0 Å². The summed E-state index contributed by atoms with van der Waals surface area (Å²) in [5.74, 6) is 1.65. The van der Waals surface area contributed by atoms with Crippen LogP contribution in [-0.2, 0) is 6.54 Å². The minimum absolute atomic E-state index is 0.668. The van der Waals surface area contributed by atoms with Gasteiger partial charge in [0.15, 0.2) is 0 Å². The summed E-state index contributed by atoms with van der Waals surface area (Å²) in [6.07, 6.45) is 3.24. The molecule has 0 unspecified atom stereocenters. The van der Waals surface area contributed by atoms with Crippen molar-refractivity contribution >= 4 is 0 Å². The smallest absolute Gasteiger partial charge is 0.137 e. The van der Waals surface area contributed by atoms with Crippen LogP contribution in [0.5, 0.6) is 11.5 Å². The van der Waals surface area contributed by atoms with E-state index in [1.165, 1.54) is 6.33 Å². The third kappa shape index (κ3) is 2.93. The van der Waals surface area contributed by atoms with Gasteiger partial charge in [-0.05, 0) is 35.4 Å². The van der Waals surface area contributed by atoms with Gasteiger partial charge in [0.25, 0.3) is 0 Å². The Morgan fingerprint density at radius 1 is 1.05 bits per heavy atom. The van der Waals surface area contributed by atoms with Crippen molar-refractivity contribution in [2.45, 2.75) is 6.54 Å². The van der Waals surface area contributed by atoms with E-state index in [1.54, 1.807) is 25.2 Å². The number of aromatic nitrogens is 3. The minimum Gasteiger partial charge on any atom is -0.497 e. The summed E-state index contributed by atoms with van der Waals surface area (Å²) in [6.45, 7) is 0.668. The summed E-state index contributed by atoms with van der Waals surface area (Å²) < 4.78 is 12.6. The van der Waals surface area contributed by atoms with Gasteiger partial charge in [0.1, 0.15) is 24.2 Å². The highest BCUT2D eigenvalue weighted by atomic mass is 16.5. The molecular weight excluding hydrogens is 278 g/mol. The molecule has 22 heavy (non-hydrogen) atoms. The average Bonchev–Trinajstić information content (AvgIpc) is 3.08. The number of hydrogen-bond acceptors (Lipinski definition) is 4. The number of hydrogen-bond donors (Lipinski definition) is 0. The van der Waals surface area contributed by atoms with Crippen LogP contribution in [0.1, 0.15) is 5.56 Å². The zero-order valence-corrected chi connectivity index (χ0v) is 12.6. The van der Waals surface area contributed by atoms with E-state index >= 15 is 0 Å². The number of methoxy groups -OCH3 is 2. The Labute approximate surface area is 129 Å². The van der Waals surface area contributed by atoms with E-state index < -0.39 is 0 Å². The van der Waals surface area contributed by atoms with Crippen LogP contribution in [-0.4, -0.2) is 29.0 Å². The van der Waals surface area contributed by atoms with Gasteiger partial charge >= 0.3 is 0 Å². The molecule has 3 rings (SSSR count). The largest absolute Gasteiger partial charge is 0.497 e. The molecule has 1 heterocycles. The number of benzene rings is 2. The van der Waals surface area contributed by atoms with E-state index in [0.29, 0.717) is 6.54 Å². The summed E-state index contributed by atoms with van der Waals surface area (Å²) >= 11 is 0. The van der Waals surface area contributed by atoms with Gasteiger partial charge in [0.05, 0.1) is 20.8 Å². The molecule has 0 spiro atoms. The maximum absolute atomic E-state index is 5.49. The van der Waals surface area contributed by atoms with E-state index in [0.717, 1.165) is 28.2 Å². The fourth-order valence-corrected chi connectivity index (χ4v) is 2.37. The third-order valence-electron chi connectivity index (χ3n) is 3.46. The Morgan fingerprint density at radius 3 is 2.68 bits per heavy atom. The fraction of sp³-hybridized carbons (Fsp3) is 0.176. The molecule has 0 atom stereocenters. The maximum atomic E-state index is 5.49. The first-order valence-corrected chi connectivity index (χ1v) is 6.94. The lowest BCUT2D eigenvalue weighted by Crippen LogP contribution is -2.00. The second-order valence-electron chi connectivity index (χ2n) is 4.86. The quantitative estimate of drug-likeness (QED) is 0.726. The Kier molecular flexibility index (Phi) is 4.05. The zero-order chi connectivity index (χ0) is 15.4. The average molecular weight is 295 g/mol. The molecule has 5 nitrogen and oxygen atoms in total. The zero-order valence-electron chi connectivity index (χ0n) is 12.6. The minimum atomic E-state index is 0.668. The lowest BCUT2D eigenvalue weighted by molar-refractivity contribution is 0.413. The molecule has 0 fully saturated rings. The molecule has 3 aromatic rings. The fourth-order valence-electron chi connectivity index (χ4n) is 2.37. The predicted octanol–water partition coefficient (Wildman–Crippen LogP) is 3.01. The molecule has 0 aliphatic carbocycles. The number of nitrogens with zero attached hydrogens (tertiary/aromatic N) is 3. The van der Waals surface area contributed by atoms with E-state index in [9.17, 15) is 0 Å². The van der Waals surface area contributed by atoms with Gasteiger partial charge in [0, 0.05) is 5.56 Å². The Balaban J connectivity index is 2.00. The van der Waals surface area contributed by atoms with Gasteiger partial charge in [-0.3, -0.25) is 0 Å². The molecule has 0 radical (unpaired) electrons. The summed E-state index contributed by atoms with van der Waals surface area (Å²) in [5.41, 5.74) is 3.21. The monoisotopic (exact) mass is 295 g/mol. The van der Waals surface area contributed by atoms with E-state index in [2.05, 4.69) is 16.1 Å². The normalized spacial score (nSPS) is 10.5. The van der Waals surface area contributed by atoms with Gasteiger partial charge < -0.3 is 9.47 Å². The van der Waals surface area contributed by atoms with Crippen LogP contribution in [0.15, 0.2) is 55.1 Å². The lowest BCUT2D eigenvalue weighted by Gasteiger charge is -2.12. The van der Waals surface area contributed by atoms with E-state index in [1.807, 2.05) is 36.4 Å². The van der Waals surface area contributed by atoms with Crippen molar-refractivity contribution in [1.82, 2.24) is 14.8 Å². The number of rotatable bonds is 5. The molecule has 0 amide bonds. The van der Waals surface area contributed by atoms with Gasteiger partial charge in [0.2, 0.25) is 0 Å². The van der Waals surface area contributed by atoms with Crippen molar-refractivity contribution in [3.8, 4) is 22.6 Å².